The molecule has 2 aromatic carbocycles. The number of rotatable bonds is 7. The second kappa shape index (κ2) is 9.62. The lowest BCUT2D eigenvalue weighted by molar-refractivity contribution is -0.113. The average Bonchev–Trinajstić information content (AvgIpc) is 3.29. The van der Waals surface area contributed by atoms with Gasteiger partial charge in [0.15, 0.2) is 11.5 Å². The van der Waals surface area contributed by atoms with Crippen LogP contribution in [0, 0.1) is 0 Å². The summed E-state index contributed by atoms with van der Waals surface area (Å²) in [6.45, 7) is 0. The fourth-order valence-corrected chi connectivity index (χ4v) is 4.16. The number of fused-ring (bicyclic) bond motifs is 1. The highest BCUT2D eigenvalue weighted by Gasteiger charge is 2.11. The smallest absolute Gasteiger partial charge is 0.234 e. The number of anilines is 1. The van der Waals surface area contributed by atoms with E-state index in [-0.39, 0.29) is 5.91 Å². The fourth-order valence-electron chi connectivity index (χ4n) is 3.38. The Morgan fingerprint density at radius 3 is 2.52 bits per heavy atom. The maximum Gasteiger partial charge on any atom is 0.234 e. The zero-order valence-electron chi connectivity index (χ0n) is 17.6. The first-order chi connectivity index (χ1) is 16.3. The van der Waals surface area contributed by atoms with Crippen LogP contribution in [0.2, 0.25) is 0 Å². The van der Waals surface area contributed by atoms with E-state index in [1.165, 1.54) is 5.56 Å². The van der Waals surface area contributed by atoms with Crippen LogP contribution in [0.25, 0.3) is 28.3 Å². The lowest BCUT2D eigenvalue weighted by Crippen LogP contribution is -2.14. The SMILES string of the molecule is O=C(CSCc1ccccc1)Nc1ccc(-c2ccc3nnc(-c4cccnc4)n3n2)cc1. The van der Waals surface area contributed by atoms with Crippen LogP contribution in [0.4, 0.5) is 5.69 Å². The quantitative estimate of drug-likeness (QED) is 0.384. The van der Waals surface area contributed by atoms with E-state index in [1.54, 1.807) is 28.7 Å². The summed E-state index contributed by atoms with van der Waals surface area (Å²) in [5.41, 5.74) is 5.18. The fraction of sp³-hybridized carbons (Fsp3) is 0.0800. The third-order valence-electron chi connectivity index (χ3n) is 4.99. The highest BCUT2D eigenvalue weighted by molar-refractivity contribution is 7.99. The summed E-state index contributed by atoms with van der Waals surface area (Å²) < 4.78 is 1.71. The standard InChI is InChI=1S/C25H20N6OS/c32-24(17-33-16-18-5-2-1-3-6-18)27-21-10-8-19(9-11-21)22-12-13-23-28-29-25(31(23)30-22)20-7-4-14-26-15-20/h1-15H,16-17H2,(H,27,32). The molecule has 0 unspecified atom stereocenters. The van der Waals surface area contributed by atoms with E-state index in [4.69, 9.17) is 5.10 Å². The molecular weight excluding hydrogens is 432 g/mol. The Morgan fingerprint density at radius 1 is 0.879 bits per heavy atom. The topological polar surface area (TPSA) is 85.1 Å². The van der Waals surface area contributed by atoms with Gasteiger partial charge in [0.2, 0.25) is 5.91 Å². The number of amides is 1. The minimum atomic E-state index is -0.0196. The zero-order chi connectivity index (χ0) is 22.5. The summed E-state index contributed by atoms with van der Waals surface area (Å²) in [5, 5.41) is 16.1. The summed E-state index contributed by atoms with van der Waals surface area (Å²) in [6, 6.07) is 25.3. The Hall–Kier alpha value is -4.04. The van der Waals surface area contributed by atoms with Gasteiger partial charge in [0.25, 0.3) is 0 Å². The molecule has 0 spiro atoms. The molecule has 1 N–H and O–H groups in total. The van der Waals surface area contributed by atoms with Gasteiger partial charge in [0.1, 0.15) is 0 Å². The van der Waals surface area contributed by atoms with E-state index >= 15 is 0 Å². The zero-order valence-corrected chi connectivity index (χ0v) is 18.4. The van der Waals surface area contributed by atoms with Gasteiger partial charge in [-0.05, 0) is 42.0 Å². The van der Waals surface area contributed by atoms with Gasteiger partial charge in [-0.15, -0.1) is 22.0 Å². The molecule has 0 fully saturated rings. The van der Waals surface area contributed by atoms with Crippen molar-refractivity contribution in [2.75, 3.05) is 11.1 Å². The average molecular weight is 453 g/mol. The normalized spacial score (nSPS) is 10.9. The maximum atomic E-state index is 12.3. The number of hydrogen-bond acceptors (Lipinski definition) is 6. The van der Waals surface area contributed by atoms with Crippen LogP contribution in [0.3, 0.4) is 0 Å². The van der Waals surface area contributed by atoms with Gasteiger partial charge in [-0.3, -0.25) is 9.78 Å². The molecule has 1 amide bonds. The molecule has 162 valence electrons. The number of nitrogens with zero attached hydrogens (tertiary/aromatic N) is 5. The van der Waals surface area contributed by atoms with Crippen LogP contribution in [-0.2, 0) is 10.5 Å². The largest absolute Gasteiger partial charge is 0.325 e. The lowest BCUT2D eigenvalue weighted by atomic mass is 10.1. The number of thioether (sulfide) groups is 1. The van der Waals surface area contributed by atoms with E-state index in [0.717, 1.165) is 28.3 Å². The third kappa shape index (κ3) is 4.91. The Labute approximate surface area is 194 Å². The predicted molar refractivity (Wildman–Crippen MR) is 131 cm³/mol. The molecule has 5 aromatic rings. The van der Waals surface area contributed by atoms with Crippen LogP contribution in [0.5, 0.6) is 0 Å². The Bertz CT molecular complexity index is 1370. The second-order valence-corrected chi connectivity index (χ2v) is 8.34. The van der Waals surface area contributed by atoms with E-state index in [1.807, 2.05) is 66.7 Å². The van der Waals surface area contributed by atoms with E-state index in [9.17, 15) is 4.79 Å². The van der Waals surface area contributed by atoms with Crippen molar-refractivity contribution < 1.29 is 4.79 Å². The molecule has 0 aliphatic rings. The number of carbonyl (C=O) groups excluding carboxylic acids is 1. The van der Waals surface area contributed by atoms with Crippen molar-refractivity contribution in [3.05, 3.63) is 96.8 Å². The molecule has 33 heavy (non-hydrogen) atoms. The predicted octanol–water partition coefficient (Wildman–Crippen LogP) is 4.73. The minimum Gasteiger partial charge on any atom is -0.325 e. The van der Waals surface area contributed by atoms with Crippen LogP contribution >= 0.6 is 11.8 Å². The van der Waals surface area contributed by atoms with Crippen LogP contribution in [-0.4, -0.2) is 36.5 Å². The van der Waals surface area contributed by atoms with E-state index in [0.29, 0.717) is 17.2 Å². The van der Waals surface area contributed by atoms with Crippen molar-refractivity contribution in [2.24, 2.45) is 0 Å². The van der Waals surface area contributed by atoms with E-state index < -0.39 is 0 Å². The molecule has 0 bridgehead atoms. The van der Waals surface area contributed by atoms with Crippen LogP contribution in [0.1, 0.15) is 5.56 Å². The van der Waals surface area contributed by atoms with Gasteiger partial charge in [-0.25, -0.2) is 0 Å². The molecule has 0 saturated carbocycles. The number of pyridine rings is 1. The van der Waals surface area contributed by atoms with Crippen molar-refractivity contribution in [3.8, 4) is 22.6 Å². The van der Waals surface area contributed by atoms with Crippen molar-refractivity contribution in [2.45, 2.75) is 5.75 Å². The van der Waals surface area contributed by atoms with Gasteiger partial charge in [0, 0.05) is 35.0 Å². The first-order valence-corrected chi connectivity index (χ1v) is 11.6. The van der Waals surface area contributed by atoms with Crippen molar-refractivity contribution in [3.63, 3.8) is 0 Å². The summed E-state index contributed by atoms with van der Waals surface area (Å²) in [5.74, 6) is 1.83. The molecule has 0 aliphatic heterocycles. The minimum absolute atomic E-state index is 0.0196. The number of carbonyl (C=O) groups is 1. The first-order valence-electron chi connectivity index (χ1n) is 10.4. The summed E-state index contributed by atoms with van der Waals surface area (Å²) in [7, 11) is 0. The van der Waals surface area contributed by atoms with E-state index in [2.05, 4.69) is 32.6 Å². The Morgan fingerprint density at radius 2 is 1.73 bits per heavy atom. The molecule has 3 heterocycles. The van der Waals surface area contributed by atoms with Crippen molar-refractivity contribution in [1.82, 2.24) is 24.8 Å². The first kappa shape index (κ1) is 20.8. The molecule has 5 rings (SSSR count). The molecule has 0 radical (unpaired) electrons. The summed E-state index contributed by atoms with van der Waals surface area (Å²) in [4.78, 5) is 16.4. The Kier molecular flexibility index (Phi) is 6.08. The van der Waals surface area contributed by atoms with Gasteiger partial charge < -0.3 is 5.32 Å². The molecule has 7 nitrogen and oxygen atoms in total. The summed E-state index contributed by atoms with van der Waals surface area (Å²) >= 11 is 1.59. The number of benzene rings is 2. The Balaban J connectivity index is 1.26. The molecule has 0 aliphatic carbocycles. The number of hydrogen-bond donors (Lipinski definition) is 1. The maximum absolute atomic E-state index is 12.3. The summed E-state index contributed by atoms with van der Waals surface area (Å²) in [6.07, 6.45) is 3.45. The second-order valence-electron chi connectivity index (χ2n) is 7.36. The highest BCUT2D eigenvalue weighted by atomic mass is 32.2. The van der Waals surface area contributed by atoms with Crippen molar-refractivity contribution >= 4 is 29.0 Å². The molecule has 3 aromatic heterocycles. The third-order valence-corrected chi connectivity index (χ3v) is 6.00. The van der Waals surface area contributed by atoms with Crippen molar-refractivity contribution in [1.29, 1.82) is 0 Å². The number of aromatic nitrogens is 5. The number of nitrogens with one attached hydrogen (secondary N) is 1. The van der Waals surface area contributed by atoms with Crippen LogP contribution in [0.15, 0.2) is 91.3 Å². The van der Waals surface area contributed by atoms with Crippen LogP contribution < -0.4 is 5.32 Å². The molecule has 8 heteroatoms. The highest BCUT2D eigenvalue weighted by Crippen LogP contribution is 2.22. The molecule has 0 atom stereocenters. The lowest BCUT2D eigenvalue weighted by Gasteiger charge is -2.07. The monoisotopic (exact) mass is 452 g/mol. The van der Waals surface area contributed by atoms with Gasteiger partial charge in [-0.2, -0.15) is 9.61 Å². The van der Waals surface area contributed by atoms with Gasteiger partial charge in [-0.1, -0.05) is 42.5 Å². The van der Waals surface area contributed by atoms with Gasteiger partial charge >= 0.3 is 0 Å². The molecular formula is C25H20N6OS. The van der Waals surface area contributed by atoms with Gasteiger partial charge in [0.05, 0.1) is 11.4 Å². The molecule has 0 saturated heterocycles.